The van der Waals surface area contributed by atoms with E-state index in [9.17, 15) is 4.39 Å². The van der Waals surface area contributed by atoms with Crippen molar-refractivity contribution < 1.29 is 4.39 Å². The van der Waals surface area contributed by atoms with E-state index in [-0.39, 0.29) is 5.82 Å². The van der Waals surface area contributed by atoms with Gasteiger partial charge in [-0.3, -0.25) is 0 Å². The summed E-state index contributed by atoms with van der Waals surface area (Å²) in [5, 5.41) is 3.23. The number of halogens is 2. The second kappa shape index (κ2) is 5.42. The van der Waals surface area contributed by atoms with E-state index in [0.717, 1.165) is 11.4 Å². The van der Waals surface area contributed by atoms with Crippen LogP contribution in [-0.2, 0) is 20.1 Å². The average molecular weight is 298 g/mol. The van der Waals surface area contributed by atoms with Gasteiger partial charge in [-0.25, -0.2) is 9.37 Å². The molecule has 0 atom stereocenters. The summed E-state index contributed by atoms with van der Waals surface area (Å²) in [6.07, 6.45) is 3.66. The third-order valence-corrected chi connectivity index (χ3v) is 3.16. The molecule has 2 aromatic rings. The normalized spacial score (nSPS) is 10.8. The number of hydrogen-bond acceptors (Lipinski definition) is 2. The maximum Gasteiger partial charge on any atom is 0.137 e. The molecule has 1 N–H and O–H groups in total. The summed E-state index contributed by atoms with van der Waals surface area (Å²) in [6.45, 7) is 1.29. The Morgan fingerprint density at radius 3 is 2.88 bits per heavy atom. The zero-order chi connectivity index (χ0) is 12.3. The van der Waals surface area contributed by atoms with Gasteiger partial charge in [-0.05, 0) is 33.6 Å². The molecule has 0 saturated carbocycles. The monoisotopic (exact) mass is 297 g/mol. The summed E-state index contributed by atoms with van der Waals surface area (Å²) in [5.74, 6) is 0.726. The smallest absolute Gasteiger partial charge is 0.137 e. The molecule has 0 saturated heterocycles. The third kappa shape index (κ3) is 3.14. The second-order valence-corrected chi connectivity index (χ2v) is 4.66. The van der Waals surface area contributed by atoms with Crippen LogP contribution in [0.2, 0.25) is 0 Å². The third-order valence-electron chi connectivity index (χ3n) is 2.52. The Hall–Kier alpha value is -1.20. The predicted molar refractivity (Wildman–Crippen MR) is 67.9 cm³/mol. The van der Waals surface area contributed by atoms with Crippen LogP contribution < -0.4 is 5.32 Å². The molecule has 0 bridgehead atoms. The molecule has 2 rings (SSSR count). The molecule has 1 heterocycles. The highest BCUT2D eigenvalue weighted by molar-refractivity contribution is 9.10. The lowest BCUT2D eigenvalue weighted by atomic mass is 10.2. The first-order chi connectivity index (χ1) is 8.16. The molecule has 17 heavy (non-hydrogen) atoms. The van der Waals surface area contributed by atoms with E-state index in [1.165, 1.54) is 6.07 Å². The molecule has 3 nitrogen and oxygen atoms in total. The largest absolute Gasteiger partial charge is 0.337 e. The minimum atomic E-state index is -0.235. The molecule has 0 radical (unpaired) electrons. The van der Waals surface area contributed by atoms with Gasteiger partial charge in [-0.2, -0.15) is 0 Å². The van der Waals surface area contributed by atoms with Crippen LogP contribution in [0.3, 0.4) is 0 Å². The summed E-state index contributed by atoms with van der Waals surface area (Å²) in [4.78, 5) is 4.20. The van der Waals surface area contributed by atoms with E-state index in [2.05, 4.69) is 26.2 Å². The van der Waals surface area contributed by atoms with E-state index < -0.39 is 0 Å². The highest BCUT2D eigenvalue weighted by Crippen LogP contribution is 2.16. The first-order valence-electron chi connectivity index (χ1n) is 5.27. The molecule has 0 aliphatic heterocycles. The number of nitrogens with zero attached hydrogens (tertiary/aromatic N) is 2. The maximum atomic E-state index is 13.3. The highest BCUT2D eigenvalue weighted by atomic mass is 79.9. The van der Waals surface area contributed by atoms with Crippen molar-refractivity contribution in [1.82, 2.24) is 14.9 Å². The maximum absolute atomic E-state index is 13.3. The number of imidazole rings is 1. The van der Waals surface area contributed by atoms with Crippen molar-refractivity contribution in [2.75, 3.05) is 0 Å². The molecule has 0 spiro atoms. The van der Waals surface area contributed by atoms with E-state index >= 15 is 0 Å². The Morgan fingerprint density at radius 2 is 2.24 bits per heavy atom. The van der Waals surface area contributed by atoms with E-state index in [1.807, 2.05) is 23.9 Å². The SMILES string of the molecule is Cn1ccnc1CNCc1ccc(Br)c(F)c1. The standard InChI is InChI=1S/C12H13BrFN3/c1-17-5-4-16-12(17)8-15-7-9-2-3-10(13)11(14)6-9/h2-6,15H,7-8H2,1H3. The molecule has 1 aromatic carbocycles. The van der Waals surface area contributed by atoms with Crippen LogP contribution in [0.4, 0.5) is 4.39 Å². The molecule has 0 unspecified atom stereocenters. The van der Waals surface area contributed by atoms with Crippen molar-refractivity contribution in [2.24, 2.45) is 7.05 Å². The fourth-order valence-electron chi connectivity index (χ4n) is 1.54. The van der Waals surface area contributed by atoms with Gasteiger partial charge in [-0.15, -0.1) is 0 Å². The molecular formula is C12H13BrFN3. The van der Waals surface area contributed by atoms with Gasteiger partial charge in [0, 0.05) is 26.0 Å². The quantitative estimate of drug-likeness (QED) is 0.940. The van der Waals surface area contributed by atoms with E-state index in [0.29, 0.717) is 17.6 Å². The van der Waals surface area contributed by atoms with Gasteiger partial charge in [0.25, 0.3) is 0 Å². The predicted octanol–water partition coefficient (Wildman–Crippen LogP) is 2.61. The number of nitrogens with one attached hydrogen (secondary N) is 1. The van der Waals surface area contributed by atoms with Gasteiger partial charge < -0.3 is 9.88 Å². The zero-order valence-corrected chi connectivity index (χ0v) is 11.0. The summed E-state index contributed by atoms with van der Waals surface area (Å²) < 4.78 is 15.7. The van der Waals surface area contributed by atoms with Crippen molar-refractivity contribution in [3.8, 4) is 0 Å². The van der Waals surface area contributed by atoms with Crippen LogP contribution in [0.15, 0.2) is 35.1 Å². The second-order valence-electron chi connectivity index (χ2n) is 3.81. The lowest BCUT2D eigenvalue weighted by Gasteiger charge is -2.05. The van der Waals surface area contributed by atoms with Crippen LogP contribution >= 0.6 is 15.9 Å². The van der Waals surface area contributed by atoms with Crippen molar-refractivity contribution in [3.05, 3.63) is 52.3 Å². The molecule has 0 fully saturated rings. The fourth-order valence-corrected chi connectivity index (χ4v) is 1.78. The molecule has 0 amide bonds. The average Bonchev–Trinajstić information content (AvgIpc) is 2.70. The van der Waals surface area contributed by atoms with Crippen molar-refractivity contribution in [3.63, 3.8) is 0 Å². The van der Waals surface area contributed by atoms with Gasteiger partial charge in [-0.1, -0.05) is 6.07 Å². The van der Waals surface area contributed by atoms with Gasteiger partial charge >= 0.3 is 0 Å². The molecule has 90 valence electrons. The lowest BCUT2D eigenvalue weighted by molar-refractivity contribution is 0.608. The van der Waals surface area contributed by atoms with Crippen LogP contribution in [0, 0.1) is 5.82 Å². The van der Waals surface area contributed by atoms with Gasteiger partial charge in [0.05, 0.1) is 11.0 Å². The number of rotatable bonds is 4. The van der Waals surface area contributed by atoms with Gasteiger partial charge in [0.15, 0.2) is 0 Å². The first-order valence-corrected chi connectivity index (χ1v) is 6.07. The highest BCUT2D eigenvalue weighted by Gasteiger charge is 2.02. The van der Waals surface area contributed by atoms with Crippen LogP contribution in [0.1, 0.15) is 11.4 Å². The van der Waals surface area contributed by atoms with Crippen molar-refractivity contribution in [1.29, 1.82) is 0 Å². The molecule has 5 heteroatoms. The van der Waals surface area contributed by atoms with Crippen LogP contribution in [0.25, 0.3) is 0 Å². The minimum absolute atomic E-state index is 0.235. The topological polar surface area (TPSA) is 29.9 Å². The Kier molecular flexibility index (Phi) is 3.91. The zero-order valence-electron chi connectivity index (χ0n) is 9.45. The minimum Gasteiger partial charge on any atom is -0.337 e. The van der Waals surface area contributed by atoms with Gasteiger partial charge in [0.2, 0.25) is 0 Å². The Morgan fingerprint density at radius 1 is 1.41 bits per heavy atom. The Balaban J connectivity index is 1.90. The van der Waals surface area contributed by atoms with E-state index in [4.69, 9.17) is 0 Å². The van der Waals surface area contributed by atoms with Crippen LogP contribution in [0.5, 0.6) is 0 Å². The summed E-state index contributed by atoms with van der Waals surface area (Å²) in [5.41, 5.74) is 0.917. The lowest BCUT2D eigenvalue weighted by Crippen LogP contribution is -2.15. The summed E-state index contributed by atoms with van der Waals surface area (Å²) in [7, 11) is 1.95. The fraction of sp³-hybridized carbons (Fsp3) is 0.250. The van der Waals surface area contributed by atoms with Crippen LogP contribution in [-0.4, -0.2) is 9.55 Å². The summed E-state index contributed by atoms with van der Waals surface area (Å²) >= 11 is 3.13. The molecule has 0 aliphatic carbocycles. The number of hydrogen-bond donors (Lipinski definition) is 1. The molecular weight excluding hydrogens is 285 g/mol. The van der Waals surface area contributed by atoms with E-state index in [1.54, 1.807) is 12.3 Å². The number of aryl methyl sites for hydroxylation is 1. The molecule has 1 aromatic heterocycles. The molecule has 0 aliphatic rings. The van der Waals surface area contributed by atoms with Gasteiger partial charge in [0.1, 0.15) is 11.6 Å². The Bertz CT molecular complexity index is 510. The first kappa shape index (κ1) is 12.3. The van der Waals surface area contributed by atoms with Crippen molar-refractivity contribution >= 4 is 15.9 Å². The number of aromatic nitrogens is 2. The summed E-state index contributed by atoms with van der Waals surface area (Å²) in [6, 6.07) is 5.13. The Labute approximate surface area is 108 Å². The number of benzene rings is 1. The van der Waals surface area contributed by atoms with Crippen molar-refractivity contribution in [2.45, 2.75) is 13.1 Å².